The van der Waals surface area contributed by atoms with Gasteiger partial charge in [-0.2, -0.15) is 0 Å². The number of fused-ring (bicyclic) bond motifs is 1. The molecule has 3 aromatic heterocycles. The van der Waals surface area contributed by atoms with Crippen molar-refractivity contribution in [3.05, 3.63) is 71.8 Å². The van der Waals surface area contributed by atoms with Gasteiger partial charge in [-0.15, -0.1) is 0 Å². The highest BCUT2D eigenvalue weighted by Gasteiger charge is 2.26. The highest BCUT2D eigenvalue weighted by molar-refractivity contribution is 6.27. The Kier molecular flexibility index (Phi) is 7.39. The second-order valence-electron chi connectivity index (χ2n) is 7.46. The van der Waals surface area contributed by atoms with E-state index in [1.54, 1.807) is 12.4 Å². The van der Waals surface area contributed by atoms with Gasteiger partial charge in [0.15, 0.2) is 0 Å². The van der Waals surface area contributed by atoms with Gasteiger partial charge in [0.05, 0.1) is 12.0 Å². The summed E-state index contributed by atoms with van der Waals surface area (Å²) >= 11 is 0. The van der Waals surface area contributed by atoms with E-state index in [4.69, 9.17) is 19.8 Å². The summed E-state index contributed by atoms with van der Waals surface area (Å²) in [7, 11) is 0. The van der Waals surface area contributed by atoms with Crippen LogP contribution in [0.4, 0.5) is 0 Å². The Morgan fingerprint density at radius 3 is 2.18 bits per heavy atom. The monoisotopic (exact) mass is 452 g/mol. The molecule has 1 aliphatic heterocycles. The van der Waals surface area contributed by atoms with E-state index >= 15 is 0 Å². The number of hydrogen-bond donors (Lipinski definition) is 2. The van der Waals surface area contributed by atoms with Crippen LogP contribution in [-0.2, 0) is 20.8 Å². The second-order valence-corrected chi connectivity index (χ2v) is 7.46. The predicted molar refractivity (Wildman–Crippen MR) is 118 cm³/mol. The minimum Gasteiger partial charge on any atom is -0.473 e. The van der Waals surface area contributed by atoms with Crippen molar-refractivity contribution in [2.75, 3.05) is 26.2 Å². The highest BCUT2D eigenvalue weighted by Crippen LogP contribution is 2.19. The molecule has 0 radical (unpaired) electrons. The van der Waals surface area contributed by atoms with Gasteiger partial charge in [-0.05, 0) is 36.8 Å². The first-order valence-corrected chi connectivity index (χ1v) is 10.3. The minimum atomic E-state index is -1.82. The van der Waals surface area contributed by atoms with Crippen LogP contribution < -0.4 is 0 Å². The molecule has 2 N–H and O–H groups in total. The molecule has 1 fully saturated rings. The summed E-state index contributed by atoms with van der Waals surface area (Å²) in [6, 6.07) is 11.6. The number of carboxylic acids is 2. The molecule has 1 aliphatic rings. The summed E-state index contributed by atoms with van der Waals surface area (Å²) in [4.78, 5) is 51.4. The number of aliphatic carboxylic acids is 2. The largest absolute Gasteiger partial charge is 0.473 e. The zero-order valence-electron chi connectivity index (χ0n) is 18.0. The number of piperazine rings is 1. The first-order valence-electron chi connectivity index (χ1n) is 10.3. The van der Waals surface area contributed by atoms with Crippen LogP contribution in [0.5, 0.6) is 0 Å². The number of pyridine rings is 2. The van der Waals surface area contributed by atoms with Gasteiger partial charge in [0, 0.05) is 56.0 Å². The van der Waals surface area contributed by atoms with E-state index < -0.39 is 11.9 Å². The molecular weight excluding hydrogens is 428 g/mol. The number of carbonyl (C=O) groups is 4. The van der Waals surface area contributed by atoms with Crippen molar-refractivity contribution in [1.82, 2.24) is 19.2 Å². The fourth-order valence-electron chi connectivity index (χ4n) is 3.60. The third-order valence-corrected chi connectivity index (χ3v) is 5.35. The molecule has 0 unspecified atom stereocenters. The Balaban J connectivity index is 0.000000454. The number of nitrogens with zero attached hydrogens (tertiary/aromatic N) is 4. The molecule has 10 heteroatoms. The van der Waals surface area contributed by atoms with E-state index in [0.29, 0.717) is 32.6 Å². The summed E-state index contributed by atoms with van der Waals surface area (Å²) in [5.74, 6) is -3.53. The summed E-state index contributed by atoms with van der Waals surface area (Å²) in [6.45, 7) is 4.22. The van der Waals surface area contributed by atoms with Crippen LogP contribution in [-0.4, -0.2) is 79.3 Å². The van der Waals surface area contributed by atoms with Crippen molar-refractivity contribution in [2.24, 2.45) is 0 Å². The van der Waals surface area contributed by atoms with Crippen LogP contribution in [0.25, 0.3) is 5.52 Å². The molecule has 0 aromatic carbocycles. The molecule has 10 nitrogen and oxygen atoms in total. The molecule has 0 bridgehead atoms. The van der Waals surface area contributed by atoms with Gasteiger partial charge in [0.1, 0.15) is 0 Å². The number of carboxylic acid groups (broad SMARTS) is 2. The van der Waals surface area contributed by atoms with Gasteiger partial charge >= 0.3 is 11.9 Å². The maximum absolute atomic E-state index is 13.0. The lowest BCUT2D eigenvalue weighted by Gasteiger charge is -2.34. The molecule has 0 spiro atoms. The van der Waals surface area contributed by atoms with Crippen LogP contribution in [0.2, 0.25) is 0 Å². The molecule has 0 aliphatic carbocycles. The van der Waals surface area contributed by atoms with Gasteiger partial charge in [-0.1, -0.05) is 12.1 Å². The van der Waals surface area contributed by atoms with Gasteiger partial charge in [-0.25, -0.2) is 9.59 Å². The van der Waals surface area contributed by atoms with E-state index in [9.17, 15) is 9.59 Å². The first-order chi connectivity index (χ1) is 15.8. The zero-order valence-corrected chi connectivity index (χ0v) is 18.0. The van der Waals surface area contributed by atoms with E-state index in [1.807, 2.05) is 63.7 Å². The number of rotatable bonds is 3. The fraction of sp³-hybridized carbons (Fsp3) is 0.261. The Bertz CT molecular complexity index is 1150. The molecular formula is C23H24N4O6. The number of hydrogen-bond acceptors (Lipinski definition) is 5. The number of amides is 2. The van der Waals surface area contributed by atoms with Crippen LogP contribution in [0.1, 0.15) is 21.6 Å². The Labute approximate surface area is 189 Å². The molecule has 0 saturated carbocycles. The quantitative estimate of drug-likeness (QED) is 0.573. The van der Waals surface area contributed by atoms with Gasteiger partial charge in [0.25, 0.3) is 5.91 Å². The number of aryl methyl sites for hydroxylation is 1. The average molecular weight is 452 g/mol. The molecule has 172 valence electrons. The Morgan fingerprint density at radius 1 is 0.939 bits per heavy atom. The van der Waals surface area contributed by atoms with Crippen molar-refractivity contribution in [1.29, 1.82) is 0 Å². The average Bonchev–Trinajstić information content (AvgIpc) is 3.16. The third-order valence-electron chi connectivity index (χ3n) is 5.35. The maximum Gasteiger partial charge on any atom is 0.414 e. The van der Waals surface area contributed by atoms with Crippen molar-refractivity contribution >= 4 is 29.3 Å². The standard InChI is InChI=1S/C21H22N4O2.C2H2O4/c1-16-19(14-18-6-2-3-8-25(16)18)21(27)24-11-9-23(10-12-24)20(26)13-17-5-4-7-22-15-17;3-1(4)2(5)6/h2-8,14-15H,9-13H2,1H3;(H,3,4)(H,5,6). The van der Waals surface area contributed by atoms with Crippen LogP contribution in [0.15, 0.2) is 55.0 Å². The zero-order chi connectivity index (χ0) is 24.0. The summed E-state index contributed by atoms with van der Waals surface area (Å²) < 4.78 is 2.03. The SMILES string of the molecule is Cc1c(C(=O)N2CCN(C(=O)Cc3cccnc3)CC2)cc2ccccn12.O=C(O)C(=O)O. The van der Waals surface area contributed by atoms with E-state index in [1.165, 1.54) is 0 Å². The lowest BCUT2D eigenvalue weighted by molar-refractivity contribution is -0.159. The lowest BCUT2D eigenvalue weighted by atomic mass is 10.1. The van der Waals surface area contributed by atoms with E-state index in [2.05, 4.69) is 4.98 Å². The van der Waals surface area contributed by atoms with E-state index in [-0.39, 0.29) is 11.8 Å². The van der Waals surface area contributed by atoms with Crippen LogP contribution >= 0.6 is 0 Å². The smallest absolute Gasteiger partial charge is 0.414 e. The molecule has 3 aromatic rings. The molecule has 1 saturated heterocycles. The summed E-state index contributed by atoms with van der Waals surface area (Å²) in [5.41, 5.74) is 3.61. The topological polar surface area (TPSA) is 133 Å². The third kappa shape index (κ3) is 5.73. The number of aromatic nitrogens is 2. The van der Waals surface area contributed by atoms with Gasteiger partial charge in [0.2, 0.25) is 5.91 Å². The van der Waals surface area contributed by atoms with E-state index in [0.717, 1.165) is 22.3 Å². The highest BCUT2D eigenvalue weighted by atomic mass is 16.4. The maximum atomic E-state index is 13.0. The van der Waals surface area contributed by atoms with Gasteiger partial charge in [-0.3, -0.25) is 14.6 Å². The summed E-state index contributed by atoms with van der Waals surface area (Å²) in [6.07, 6.45) is 5.74. The minimum absolute atomic E-state index is 0.0376. The molecule has 33 heavy (non-hydrogen) atoms. The van der Waals surface area contributed by atoms with Crippen molar-refractivity contribution < 1.29 is 29.4 Å². The van der Waals surface area contributed by atoms with Crippen molar-refractivity contribution in [3.63, 3.8) is 0 Å². The van der Waals surface area contributed by atoms with Gasteiger partial charge < -0.3 is 24.4 Å². The molecule has 0 atom stereocenters. The molecule has 4 rings (SSSR count). The normalized spacial score (nSPS) is 13.2. The fourth-order valence-corrected chi connectivity index (χ4v) is 3.60. The van der Waals surface area contributed by atoms with Crippen LogP contribution in [0.3, 0.4) is 0 Å². The Morgan fingerprint density at radius 2 is 1.61 bits per heavy atom. The molecule has 4 heterocycles. The first kappa shape index (κ1) is 23.5. The van der Waals surface area contributed by atoms with Crippen molar-refractivity contribution in [3.8, 4) is 0 Å². The summed E-state index contributed by atoms with van der Waals surface area (Å²) in [5, 5.41) is 14.8. The number of carbonyl (C=O) groups excluding carboxylic acids is 2. The molecule has 2 amide bonds. The lowest BCUT2D eigenvalue weighted by Crippen LogP contribution is -2.51. The Hall–Kier alpha value is -4.21. The second kappa shape index (κ2) is 10.4. The predicted octanol–water partition coefficient (Wildman–Crippen LogP) is 1.33. The van der Waals surface area contributed by atoms with Crippen LogP contribution in [0, 0.1) is 6.92 Å². The van der Waals surface area contributed by atoms with Crippen molar-refractivity contribution in [2.45, 2.75) is 13.3 Å².